The van der Waals surface area contributed by atoms with Crippen molar-refractivity contribution in [3.05, 3.63) is 65.7 Å². The molecule has 1 fully saturated rings. The van der Waals surface area contributed by atoms with Crippen LogP contribution >= 0.6 is 0 Å². The lowest BCUT2D eigenvalue weighted by molar-refractivity contribution is -0.124. The van der Waals surface area contributed by atoms with Gasteiger partial charge in [0.2, 0.25) is 5.91 Å². The van der Waals surface area contributed by atoms with Crippen LogP contribution in [0.15, 0.2) is 54.6 Å². The van der Waals surface area contributed by atoms with Gasteiger partial charge in [0.1, 0.15) is 11.4 Å². The summed E-state index contributed by atoms with van der Waals surface area (Å²) in [6.07, 6.45) is 4.77. The normalized spacial score (nSPS) is 23.1. The van der Waals surface area contributed by atoms with E-state index in [1.54, 1.807) is 0 Å². The summed E-state index contributed by atoms with van der Waals surface area (Å²) in [5.41, 5.74) is 2.74. The molecule has 2 heterocycles. The first-order chi connectivity index (χ1) is 13.0. The van der Waals surface area contributed by atoms with Crippen LogP contribution in [0, 0.1) is 0 Å². The minimum absolute atomic E-state index is 0.100. The molecule has 2 aromatic rings. The number of hydrogen-bond donors (Lipinski definition) is 1. The standard InChI is InChI=1S/C23H26N2O2/c1-4-27-18-11-9-17(10-12-18)13-15-23-22(2,3)19-7-5-6-8-20(19)25(23)16-14-21(26)24-23/h5-13,15H,4,14,16H2,1-3H3,(H,24,26)/b15-13+/t23-/m1/s1. The van der Waals surface area contributed by atoms with Crippen molar-refractivity contribution in [1.29, 1.82) is 0 Å². The third-order valence-electron chi connectivity index (χ3n) is 5.85. The van der Waals surface area contributed by atoms with Gasteiger partial charge in [-0.2, -0.15) is 0 Å². The molecule has 4 heteroatoms. The summed E-state index contributed by atoms with van der Waals surface area (Å²) in [5.74, 6) is 0.970. The highest BCUT2D eigenvalue weighted by Crippen LogP contribution is 2.52. The van der Waals surface area contributed by atoms with Crippen molar-refractivity contribution in [3.63, 3.8) is 0 Å². The molecule has 4 nitrogen and oxygen atoms in total. The van der Waals surface area contributed by atoms with Gasteiger partial charge in [0.05, 0.1) is 6.61 Å². The van der Waals surface area contributed by atoms with E-state index in [4.69, 9.17) is 4.74 Å². The SMILES string of the molecule is CCOc1ccc(/C=C/[C@@]23NC(=O)CCN2c2ccccc2C3(C)C)cc1. The van der Waals surface area contributed by atoms with E-state index in [9.17, 15) is 4.79 Å². The van der Waals surface area contributed by atoms with Crippen molar-refractivity contribution >= 4 is 17.7 Å². The number of amides is 1. The highest BCUT2D eigenvalue weighted by atomic mass is 16.5. The molecule has 140 valence electrons. The van der Waals surface area contributed by atoms with Gasteiger partial charge in [0, 0.05) is 24.1 Å². The molecule has 27 heavy (non-hydrogen) atoms. The zero-order valence-electron chi connectivity index (χ0n) is 16.2. The molecule has 1 amide bonds. The predicted molar refractivity (Wildman–Crippen MR) is 109 cm³/mol. The second kappa shape index (κ2) is 6.45. The number of nitrogens with zero attached hydrogens (tertiary/aromatic N) is 1. The Morgan fingerprint density at radius 3 is 2.63 bits per heavy atom. The van der Waals surface area contributed by atoms with Gasteiger partial charge in [0.15, 0.2) is 0 Å². The number of carbonyl (C=O) groups excluding carboxylic acids is 1. The van der Waals surface area contributed by atoms with E-state index < -0.39 is 5.66 Å². The van der Waals surface area contributed by atoms with Crippen molar-refractivity contribution < 1.29 is 9.53 Å². The number of ether oxygens (including phenoxy) is 1. The maximum absolute atomic E-state index is 12.4. The molecule has 0 spiro atoms. The van der Waals surface area contributed by atoms with Crippen molar-refractivity contribution in [2.24, 2.45) is 0 Å². The van der Waals surface area contributed by atoms with E-state index in [0.717, 1.165) is 17.9 Å². The third kappa shape index (κ3) is 2.71. The van der Waals surface area contributed by atoms with Gasteiger partial charge in [-0.05, 0) is 42.3 Å². The van der Waals surface area contributed by atoms with Crippen molar-refractivity contribution in [3.8, 4) is 5.75 Å². The molecule has 1 saturated heterocycles. The van der Waals surface area contributed by atoms with E-state index in [1.807, 2.05) is 31.2 Å². The Bertz CT molecular complexity index is 886. The third-order valence-corrected chi connectivity index (χ3v) is 5.85. The summed E-state index contributed by atoms with van der Waals surface area (Å²) >= 11 is 0. The fraction of sp³-hybridized carbons (Fsp3) is 0.348. The molecule has 4 rings (SSSR count). The molecule has 0 unspecified atom stereocenters. The Hall–Kier alpha value is -2.75. The van der Waals surface area contributed by atoms with E-state index >= 15 is 0 Å². The van der Waals surface area contributed by atoms with Gasteiger partial charge < -0.3 is 15.0 Å². The highest BCUT2D eigenvalue weighted by Gasteiger charge is 2.57. The highest BCUT2D eigenvalue weighted by molar-refractivity contribution is 5.84. The van der Waals surface area contributed by atoms with Crippen LogP contribution in [0.4, 0.5) is 5.69 Å². The van der Waals surface area contributed by atoms with Gasteiger partial charge in [-0.15, -0.1) is 0 Å². The van der Waals surface area contributed by atoms with Crippen LogP contribution in [0.2, 0.25) is 0 Å². The van der Waals surface area contributed by atoms with Crippen LogP contribution in [0.3, 0.4) is 0 Å². The number of hydrogen-bond acceptors (Lipinski definition) is 3. The number of anilines is 1. The summed E-state index contributed by atoms with van der Waals surface area (Å²) in [6, 6.07) is 16.5. The lowest BCUT2D eigenvalue weighted by Gasteiger charge is -2.49. The second-order valence-corrected chi connectivity index (χ2v) is 7.69. The molecule has 2 aliphatic rings. The average molecular weight is 362 g/mol. The van der Waals surface area contributed by atoms with Crippen LogP contribution in [0.1, 0.15) is 38.3 Å². The quantitative estimate of drug-likeness (QED) is 0.890. The Labute approximate surface area is 160 Å². The van der Waals surface area contributed by atoms with E-state index in [1.165, 1.54) is 11.3 Å². The maximum atomic E-state index is 12.4. The number of carbonyl (C=O) groups is 1. The fourth-order valence-corrected chi connectivity index (χ4v) is 4.38. The van der Waals surface area contributed by atoms with Crippen molar-refractivity contribution in [1.82, 2.24) is 5.32 Å². The van der Waals surface area contributed by atoms with Crippen molar-refractivity contribution in [2.45, 2.75) is 38.3 Å². The fourth-order valence-electron chi connectivity index (χ4n) is 4.38. The Kier molecular flexibility index (Phi) is 4.22. The summed E-state index contributed by atoms with van der Waals surface area (Å²) < 4.78 is 5.52. The van der Waals surface area contributed by atoms with Crippen LogP contribution in [0.5, 0.6) is 5.75 Å². The smallest absolute Gasteiger partial charge is 0.223 e. The molecule has 1 atom stereocenters. The van der Waals surface area contributed by atoms with Crippen molar-refractivity contribution in [2.75, 3.05) is 18.1 Å². The number of benzene rings is 2. The van der Waals surface area contributed by atoms with Gasteiger partial charge in [0.25, 0.3) is 0 Å². The molecule has 0 aromatic heterocycles. The van der Waals surface area contributed by atoms with E-state index in [2.05, 4.69) is 60.5 Å². The summed E-state index contributed by atoms with van der Waals surface area (Å²) in [5, 5.41) is 3.31. The van der Waals surface area contributed by atoms with Crippen LogP contribution in [-0.2, 0) is 10.2 Å². The molecule has 0 aliphatic carbocycles. The molecule has 2 aliphatic heterocycles. The Morgan fingerprint density at radius 2 is 1.89 bits per heavy atom. The van der Waals surface area contributed by atoms with Crippen LogP contribution in [-0.4, -0.2) is 24.7 Å². The minimum Gasteiger partial charge on any atom is -0.494 e. The lowest BCUT2D eigenvalue weighted by Crippen LogP contribution is -2.68. The molecule has 0 saturated carbocycles. The summed E-state index contributed by atoms with van der Waals surface area (Å²) in [4.78, 5) is 14.7. The average Bonchev–Trinajstić information content (AvgIpc) is 2.86. The minimum atomic E-state index is -0.565. The zero-order valence-corrected chi connectivity index (χ0v) is 16.2. The number of rotatable bonds is 4. The van der Waals surface area contributed by atoms with E-state index in [0.29, 0.717) is 13.0 Å². The molecule has 0 radical (unpaired) electrons. The molecular formula is C23H26N2O2. The Balaban J connectivity index is 1.74. The first-order valence-corrected chi connectivity index (χ1v) is 9.58. The first kappa shape index (κ1) is 17.7. The zero-order chi connectivity index (χ0) is 19.1. The summed E-state index contributed by atoms with van der Waals surface area (Å²) in [6.45, 7) is 7.78. The topological polar surface area (TPSA) is 41.6 Å². The lowest BCUT2D eigenvalue weighted by atomic mass is 9.74. The van der Waals surface area contributed by atoms with E-state index in [-0.39, 0.29) is 11.3 Å². The maximum Gasteiger partial charge on any atom is 0.223 e. The van der Waals surface area contributed by atoms with Crippen LogP contribution in [0.25, 0.3) is 6.08 Å². The predicted octanol–water partition coefficient (Wildman–Crippen LogP) is 4.11. The largest absolute Gasteiger partial charge is 0.494 e. The molecular weight excluding hydrogens is 336 g/mol. The number of nitrogens with one attached hydrogen (secondary N) is 1. The van der Waals surface area contributed by atoms with Gasteiger partial charge in [-0.1, -0.05) is 50.3 Å². The number of fused-ring (bicyclic) bond motifs is 3. The number of para-hydroxylation sites is 1. The molecule has 1 N–H and O–H groups in total. The summed E-state index contributed by atoms with van der Waals surface area (Å²) in [7, 11) is 0. The Morgan fingerprint density at radius 1 is 1.15 bits per heavy atom. The second-order valence-electron chi connectivity index (χ2n) is 7.69. The monoisotopic (exact) mass is 362 g/mol. The molecule has 0 bridgehead atoms. The van der Waals surface area contributed by atoms with Gasteiger partial charge in [-0.25, -0.2) is 0 Å². The van der Waals surface area contributed by atoms with Gasteiger partial charge >= 0.3 is 0 Å². The van der Waals surface area contributed by atoms with Gasteiger partial charge in [-0.3, -0.25) is 4.79 Å². The first-order valence-electron chi connectivity index (χ1n) is 9.58. The van der Waals surface area contributed by atoms with Crippen LogP contribution < -0.4 is 15.0 Å². The molecule has 2 aromatic carbocycles.